The van der Waals surface area contributed by atoms with Crippen LogP contribution in [-0.2, 0) is 32.8 Å². The van der Waals surface area contributed by atoms with E-state index in [1.165, 1.54) is 4.90 Å². The molecular weight excluding hydrogens is 538 g/mol. The summed E-state index contributed by atoms with van der Waals surface area (Å²) in [5.74, 6) is -0.123. The van der Waals surface area contributed by atoms with Crippen LogP contribution in [0.15, 0.2) is 78.9 Å². The predicted octanol–water partition coefficient (Wildman–Crippen LogP) is 5.06. The molecule has 41 heavy (non-hydrogen) atoms. The average Bonchev–Trinajstić information content (AvgIpc) is 2.96. The Bertz CT molecular complexity index is 1380. The molecule has 0 heterocycles. The van der Waals surface area contributed by atoms with Crippen LogP contribution in [0.2, 0.25) is 0 Å². The van der Waals surface area contributed by atoms with Gasteiger partial charge in [-0.05, 0) is 60.7 Å². The molecule has 0 aliphatic heterocycles. The van der Waals surface area contributed by atoms with Gasteiger partial charge in [-0.2, -0.15) is 0 Å². The first kappa shape index (κ1) is 31.7. The van der Waals surface area contributed by atoms with Crippen LogP contribution in [0.5, 0.6) is 5.75 Å². The molecule has 220 valence electrons. The van der Waals surface area contributed by atoms with Gasteiger partial charge >= 0.3 is 0 Å². The van der Waals surface area contributed by atoms with E-state index in [1.807, 2.05) is 75.4 Å². The van der Waals surface area contributed by atoms with Crippen molar-refractivity contribution in [2.24, 2.45) is 0 Å². The molecule has 3 aromatic carbocycles. The molecule has 1 atom stereocenters. The minimum Gasteiger partial charge on any atom is -0.489 e. The highest BCUT2D eigenvalue weighted by molar-refractivity contribution is 7.92. The van der Waals surface area contributed by atoms with Gasteiger partial charge < -0.3 is 15.0 Å². The minimum atomic E-state index is -3.82. The highest BCUT2D eigenvalue weighted by atomic mass is 32.2. The molecule has 0 radical (unpaired) electrons. The average molecular weight is 580 g/mol. The number of hydrogen-bond donors (Lipinski definition) is 1. The van der Waals surface area contributed by atoms with E-state index in [9.17, 15) is 18.0 Å². The van der Waals surface area contributed by atoms with E-state index in [-0.39, 0.29) is 12.5 Å². The van der Waals surface area contributed by atoms with Crippen LogP contribution in [-0.4, -0.2) is 50.5 Å². The van der Waals surface area contributed by atoms with Crippen LogP contribution in [0.3, 0.4) is 0 Å². The lowest BCUT2D eigenvalue weighted by molar-refractivity contribution is -0.140. The quantitative estimate of drug-likeness (QED) is 0.254. The molecule has 0 aromatic heterocycles. The van der Waals surface area contributed by atoms with E-state index in [0.29, 0.717) is 31.0 Å². The summed E-state index contributed by atoms with van der Waals surface area (Å²) in [6, 6.07) is 23.3. The Hall–Kier alpha value is -3.85. The number of carbonyl (C=O) groups excluding carboxylic acids is 2. The number of nitrogens with zero attached hydrogens (tertiary/aromatic N) is 2. The fourth-order valence-corrected chi connectivity index (χ4v) is 5.31. The van der Waals surface area contributed by atoms with Crippen LogP contribution < -0.4 is 14.4 Å². The molecule has 0 unspecified atom stereocenters. The second-order valence-electron chi connectivity index (χ2n) is 10.1. The van der Waals surface area contributed by atoms with Gasteiger partial charge in [-0.1, -0.05) is 74.9 Å². The van der Waals surface area contributed by atoms with E-state index in [0.717, 1.165) is 40.1 Å². The molecule has 0 bridgehead atoms. The molecule has 0 spiro atoms. The van der Waals surface area contributed by atoms with Crippen molar-refractivity contribution < 1.29 is 22.7 Å². The Morgan fingerprint density at radius 3 is 2.20 bits per heavy atom. The number of benzene rings is 3. The van der Waals surface area contributed by atoms with Gasteiger partial charge in [0.15, 0.2) is 0 Å². The number of rotatable bonds is 15. The van der Waals surface area contributed by atoms with E-state index in [4.69, 9.17) is 4.74 Å². The fourth-order valence-electron chi connectivity index (χ4n) is 4.46. The smallest absolute Gasteiger partial charge is 0.244 e. The minimum absolute atomic E-state index is 0.190. The molecular formula is C32H41N3O5S. The van der Waals surface area contributed by atoms with Gasteiger partial charge in [-0.15, -0.1) is 0 Å². The van der Waals surface area contributed by atoms with Crippen molar-refractivity contribution in [3.8, 4) is 5.75 Å². The number of sulfonamides is 1. The number of anilines is 1. The molecule has 3 aromatic rings. The second kappa shape index (κ2) is 15.2. The van der Waals surface area contributed by atoms with Crippen molar-refractivity contribution in [2.75, 3.05) is 23.7 Å². The molecule has 0 saturated carbocycles. The van der Waals surface area contributed by atoms with Crippen LogP contribution in [0, 0.1) is 6.92 Å². The zero-order chi connectivity index (χ0) is 29.8. The third-order valence-corrected chi connectivity index (χ3v) is 8.01. The first-order valence-electron chi connectivity index (χ1n) is 14.0. The first-order chi connectivity index (χ1) is 19.6. The summed E-state index contributed by atoms with van der Waals surface area (Å²) in [7, 11) is -3.82. The van der Waals surface area contributed by atoms with Gasteiger partial charge in [-0.25, -0.2) is 8.42 Å². The Morgan fingerprint density at radius 1 is 0.927 bits per heavy atom. The van der Waals surface area contributed by atoms with Crippen molar-refractivity contribution in [2.45, 2.75) is 59.2 Å². The monoisotopic (exact) mass is 579 g/mol. The van der Waals surface area contributed by atoms with E-state index < -0.39 is 28.5 Å². The number of aryl methyl sites for hydroxylation is 1. The highest BCUT2D eigenvalue weighted by Gasteiger charge is 2.31. The van der Waals surface area contributed by atoms with Gasteiger partial charge in [0, 0.05) is 13.1 Å². The van der Waals surface area contributed by atoms with Crippen molar-refractivity contribution in [3.05, 3.63) is 95.6 Å². The van der Waals surface area contributed by atoms with Gasteiger partial charge in [0.2, 0.25) is 21.8 Å². The summed E-state index contributed by atoms with van der Waals surface area (Å²) in [4.78, 5) is 28.5. The summed E-state index contributed by atoms with van der Waals surface area (Å²) in [5, 5.41) is 2.94. The molecule has 9 heteroatoms. The first-order valence-corrected chi connectivity index (χ1v) is 15.8. The zero-order valence-corrected chi connectivity index (χ0v) is 25.2. The number of amides is 2. The summed E-state index contributed by atoms with van der Waals surface area (Å²) in [6.45, 7) is 6.49. The molecule has 0 fully saturated rings. The van der Waals surface area contributed by atoms with Gasteiger partial charge in [-0.3, -0.25) is 13.9 Å². The largest absolute Gasteiger partial charge is 0.489 e. The van der Waals surface area contributed by atoms with E-state index in [1.54, 1.807) is 24.3 Å². The number of nitrogens with one attached hydrogen (secondary N) is 1. The van der Waals surface area contributed by atoms with Crippen LogP contribution in [0.1, 0.15) is 49.8 Å². The Labute approximate surface area is 244 Å². The SMILES string of the molecule is CCCCNC(=O)[C@H](CC)N(Cc1ccccc1C)C(=O)CN(c1ccc(OCc2ccccc2)cc1)S(C)(=O)=O. The Balaban J connectivity index is 1.84. The third-order valence-electron chi connectivity index (χ3n) is 6.87. The summed E-state index contributed by atoms with van der Waals surface area (Å²) >= 11 is 0. The third kappa shape index (κ3) is 9.35. The number of ether oxygens (including phenoxy) is 1. The maximum atomic E-state index is 13.9. The van der Waals surface area contributed by atoms with Crippen LogP contribution >= 0.6 is 0 Å². The molecule has 2 amide bonds. The van der Waals surface area contributed by atoms with Crippen molar-refractivity contribution >= 4 is 27.5 Å². The second-order valence-corrected chi connectivity index (χ2v) is 12.0. The Morgan fingerprint density at radius 2 is 1.59 bits per heavy atom. The highest BCUT2D eigenvalue weighted by Crippen LogP contribution is 2.24. The summed E-state index contributed by atoms with van der Waals surface area (Å²) in [6.07, 6.45) is 3.23. The van der Waals surface area contributed by atoms with Crippen molar-refractivity contribution in [3.63, 3.8) is 0 Å². The standard InChI is InChI=1S/C32H41N3O5S/c1-5-7-21-33-32(37)30(6-2)34(22-27-16-12-11-13-25(27)3)31(36)23-35(41(4,38)39)28-17-19-29(20-18-28)40-24-26-14-9-8-10-15-26/h8-20,30H,5-7,21-24H2,1-4H3,(H,33,37)/t30-/m0/s1. The summed E-state index contributed by atoms with van der Waals surface area (Å²) < 4.78 is 32.7. The summed E-state index contributed by atoms with van der Waals surface area (Å²) in [5.41, 5.74) is 3.23. The van der Waals surface area contributed by atoms with Gasteiger partial charge in [0.25, 0.3) is 0 Å². The maximum absolute atomic E-state index is 13.9. The fraction of sp³-hybridized carbons (Fsp3) is 0.375. The normalized spacial score (nSPS) is 11.9. The predicted molar refractivity (Wildman–Crippen MR) is 163 cm³/mol. The number of unbranched alkanes of at least 4 members (excludes halogenated alkanes) is 1. The zero-order valence-electron chi connectivity index (χ0n) is 24.4. The molecule has 0 aliphatic carbocycles. The lowest BCUT2D eigenvalue weighted by Crippen LogP contribution is -2.52. The maximum Gasteiger partial charge on any atom is 0.244 e. The molecule has 0 saturated heterocycles. The van der Waals surface area contributed by atoms with Gasteiger partial charge in [0.05, 0.1) is 11.9 Å². The molecule has 8 nitrogen and oxygen atoms in total. The van der Waals surface area contributed by atoms with Crippen LogP contribution in [0.25, 0.3) is 0 Å². The molecule has 3 rings (SSSR count). The lowest BCUT2D eigenvalue weighted by atomic mass is 10.1. The number of hydrogen-bond acceptors (Lipinski definition) is 5. The van der Waals surface area contributed by atoms with Crippen molar-refractivity contribution in [1.82, 2.24) is 10.2 Å². The Kier molecular flexibility index (Phi) is 11.8. The molecule has 1 N–H and O–H groups in total. The van der Waals surface area contributed by atoms with E-state index >= 15 is 0 Å². The topological polar surface area (TPSA) is 96.0 Å². The van der Waals surface area contributed by atoms with Gasteiger partial charge in [0.1, 0.15) is 24.9 Å². The van der Waals surface area contributed by atoms with Crippen LogP contribution in [0.4, 0.5) is 5.69 Å². The van der Waals surface area contributed by atoms with E-state index in [2.05, 4.69) is 5.32 Å². The lowest BCUT2D eigenvalue weighted by Gasteiger charge is -2.33. The molecule has 0 aliphatic rings. The number of carbonyl (C=O) groups is 2. The van der Waals surface area contributed by atoms with Crippen molar-refractivity contribution in [1.29, 1.82) is 0 Å².